The molecule has 1 N–H and O–H groups in total. The highest BCUT2D eigenvalue weighted by atomic mass is 79.9. The maximum absolute atomic E-state index is 12.2. The van der Waals surface area contributed by atoms with Gasteiger partial charge in [-0.15, -0.1) is 0 Å². The van der Waals surface area contributed by atoms with Crippen molar-refractivity contribution in [2.24, 2.45) is 5.92 Å². The second kappa shape index (κ2) is 6.47. The minimum absolute atomic E-state index is 0.0443. The van der Waals surface area contributed by atoms with E-state index in [9.17, 15) is 4.79 Å². The monoisotopic (exact) mass is 353 g/mol. The number of furan rings is 1. The van der Waals surface area contributed by atoms with Gasteiger partial charge in [0.2, 0.25) is 0 Å². The van der Waals surface area contributed by atoms with Gasteiger partial charge in [-0.25, -0.2) is 4.68 Å². The smallest absolute Gasteiger partial charge is 0.283 e. The Kier molecular flexibility index (Phi) is 4.88. The van der Waals surface area contributed by atoms with Crippen LogP contribution in [0.25, 0.3) is 0 Å². The Balaban J connectivity index is 2.21. The zero-order valence-corrected chi connectivity index (χ0v) is 14.3. The van der Waals surface area contributed by atoms with Crippen LogP contribution in [0.4, 0.5) is 5.69 Å². The lowest BCUT2D eigenvalue weighted by molar-refractivity contribution is 0.460. The van der Waals surface area contributed by atoms with Crippen LogP contribution >= 0.6 is 15.9 Å². The molecule has 114 valence electrons. The van der Waals surface area contributed by atoms with Crippen LogP contribution in [0.2, 0.25) is 0 Å². The second-order valence-corrected chi connectivity index (χ2v) is 6.36. The number of hydrogen-bond acceptors (Lipinski definition) is 4. The third kappa shape index (κ3) is 3.75. The predicted molar refractivity (Wildman–Crippen MR) is 86.5 cm³/mol. The molecule has 0 radical (unpaired) electrons. The van der Waals surface area contributed by atoms with E-state index in [1.807, 2.05) is 26.0 Å². The van der Waals surface area contributed by atoms with Gasteiger partial charge in [0, 0.05) is 6.54 Å². The number of hydrogen-bond donors (Lipinski definition) is 1. The van der Waals surface area contributed by atoms with Crippen molar-refractivity contribution in [3.05, 3.63) is 44.7 Å². The summed E-state index contributed by atoms with van der Waals surface area (Å²) in [6.07, 6.45) is 1.67. The van der Waals surface area contributed by atoms with E-state index in [2.05, 4.69) is 40.2 Å². The summed E-state index contributed by atoms with van der Waals surface area (Å²) in [7, 11) is 0. The second-order valence-electron chi connectivity index (χ2n) is 5.57. The average molecular weight is 354 g/mol. The normalized spacial score (nSPS) is 12.7. The largest absolute Gasteiger partial charge is 0.464 e. The average Bonchev–Trinajstić information content (AvgIpc) is 2.84. The molecule has 2 aromatic rings. The highest BCUT2D eigenvalue weighted by molar-refractivity contribution is 9.10. The molecular formula is C15H20BrN3O2. The van der Waals surface area contributed by atoms with E-state index in [1.54, 1.807) is 6.20 Å². The van der Waals surface area contributed by atoms with Crippen molar-refractivity contribution in [2.75, 3.05) is 5.32 Å². The molecule has 0 bridgehead atoms. The zero-order chi connectivity index (χ0) is 15.6. The summed E-state index contributed by atoms with van der Waals surface area (Å²) >= 11 is 3.36. The SMILES string of the molecule is Cc1ccc(C(C)Nc2cnn(CC(C)C)c(=O)c2Br)o1. The molecule has 0 spiro atoms. The lowest BCUT2D eigenvalue weighted by Crippen LogP contribution is -2.26. The van der Waals surface area contributed by atoms with Crippen molar-refractivity contribution >= 4 is 21.6 Å². The highest BCUT2D eigenvalue weighted by Gasteiger charge is 2.14. The van der Waals surface area contributed by atoms with Crippen LogP contribution in [0, 0.1) is 12.8 Å². The van der Waals surface area contributed by atoms with Crippen LogP contribution < -0.4 is 10.9 Å². The van der Waals surface area contributed by atoms with Crippen molar-refractivity contribution in [1.82, 2.24) is 9.78 Å². The van der Waals surface area contributed by atoms with Crippen molar-refractivity contribution in [3.8, 4) is 0 Å². The summed E-state index contributed by atoms with van der Waals surface area (Å²) in [4.78, 5) is 12.2. The van der Waals surface area contributed by atoms with Gasteiger partial charge in [0.05, 0.1) is 17.9 Å². The first-order chi connectivity index (χ1) is 9.88. The molecule has 5 nitrogen and oxygen atoms in total. The van der Waals surface area contributed by atoms with E-state index in [-0.39, 0.29) is 11.6 Å². The quantitative estimate of drug-likeness (QED) is 0.889. The molecular weight excluding hydrogens is 334 g/mol. The van der Waals surface area contributed by atoms with Crippen molar-refractivity contribution in [1.29, 1.82) is 0 Å². The molecule has 1 atom stereocenters. The molecule has 0 saturated heterocycles. The van der Waals surface area contributed by atoms with E-state index < -0.39 is 0 Å². The number of nitrogens with zero attached hydrogens (tertiary/aromatic N) is 2. The summed E-state index contributed by atoms with van der Waals surface area (Å²) in [5.41, 5.74) is 0.540. The van der Waals surface area contributed by atoms with Crippen LogP contribution in [0.1, 0.15) is 38.3 Å². The Bertz CT molecular complexity index is 676. The van der Waals surface area contributed by atoms with Gasteiger partial charge < -0.3 is 9.73 Å². The van der Waals surface area contributed by atoms with E-state index in [0.717, 1.165) is 11.5 Å². The number of anilines is 1. The molecule has 2 heterocycles. The molecule has 0 aromatic carbocycles. The maximum atomic E-state index is 12.2. The number of halogens is 1. The number of aryl methyl sites for hydroxylation is 1. The molecule has 1 unspecified atom stereocenters. The summed E-state index contributed by atoms with van der Waals surface area (Å²) in [6, 6.07) is 3.80. The van der Waals surface area contributed by atoms with Gasteiger partial charge in [0.25, 0.3) is 5.56 Å². The van der Waals surface area contributed by atoms with Crippen LogP contribution in [-0.2, 0) is 6.54 Å². The van der Waals surface area contributed by atoms with E-state index in [0.29, 0.717) is 22.6 Å². The number of aromatic nitrogens is 2. The lowest BCUT2D eigenvalue weighted by atomic mass is 10.2. The highest BCUT2D eigenvalue weighted by Crippen LogP contribution is 2.24. The summed E-state index contributed by atoms with van der Waals surface area (Å²) < 4.78 is 7.55. The molecule has 0 aliphatic rings. The van der Waals surface area contributed by atoms with Crippen molar-refractivity contribution in [2.45, 2.75) is 40.3 Å². The maximum Gasteiger partial charge on any atom is 0.283 e. The first kappa shape index (κ1) is 15.8. The summed E-state index contributed by atoms with van der Waals surface area (Å²) in [5.74, 6) is 2.06. The molecule has 0 aliphatic heterocycles. The third-order valence-corrected chi connectivity index (χ3v) is 3.85. The molecule has 0 amide bonds. The van der Waals surface area contributed by atoms with E-state index in [4.69, 9.17) is 4.42 Å². The minimum atomic E-state index is -0.128. The summed E-state index contributed by atoms with van der Waals surface area (Å²) in [5, 5.41) is 7.46. The Morgan fingerprint density at radius 2 is 2.10 bits per heavy atom. The Hall–Kier alpha value is -1.56. The van der Waals surface area contributed by atoms with E-state index >= 15 is 0 Å². The van der Waals surface area contributed by atoms with Gasteiger partial charge in [-0.1, -0.05) is 13.8 Å². The molecule has 0 fully saturated rings. The molecule has 6 heteroatoms. The van der Waals surface area contributed by atoms with Gasteiger partial charge in [-0.3, -0.25) is 4.79 Å². The third-order valence-electron chi connectivity index (χ3n) is 3.08. The first-order valence-electron chi connectivity index (χ1n) is 6.97. The predicted octanol–water partition coefficient (Wildman–Crippen LogP) is 3.74. The molecule has 2 rings (SSSR count). The fraction of sp³-hybridized carbons (Fsp3) is 0.467. The minimum Gasteiger partial charge on any atom is -0.464 e. The molecule has 2 aromatic heterocycles. The lowest BCUT2D eigenvalue weighted by Gasteiger charge is -2.15. The van der Waals surface area contributed by atoms with Crippen LogP contribution in [0.15, 0.2) is 32.0 Å². The van der Waals surface area contributed by atoms with Gasteiger partial charge >= 0.3 is 0 Å². The molecule has 0 saturated carbocycles. The number of nitrogens with one attached hydrogen (secondary N) is 1. The Morgan fingerprint density at radius 3 is 2.67 bits per heavy atom. The Labute approximate surface area is 132 Å². The Morgan fingerprint density at radius 1 is 1.38 bits per heavy atom. The first-order valence-corrected chi connectivity index (χ1v) is 7.76. The van der Waals surface area contributed by atoms with Gasteiger partial charge in [-0.05, 0) is 47.8 Å². The fourth-order valence-corrected chi connectivity index (χ4v) is 2.45. The topological polar surface area (TPSA) is 60.1 Å². The zero-order valence-electron chi connectivity index (χ0n) is 12.7. The van der Waals surface area contributed by atoms with Crippen molar-refractivity contribution in [3.63, 3.8) is 0 Å². The van der Waals surface area contributed by atoms with Gasteiger partial charge in [-0.2, -0.15) is 5.10 Å². The van der Waals surface area contributed by atoms with Crippen LogP contribution in [0.3, 0.4) is 0 Å². The van der Waals surface area contributed by atoms with Gasteiger partial charge in [0.15, 0.2) is 0 Å². The molecule has 21 heavy (non-hydrogen) atoms. The van der Waals surface area contributed by atoms with Crippen molar-refractivity contribution < 1.29 is 4.42 Å². The summed E-state index contributed by atoms with van der Waals surface area (Å²) in [6.45, 7) is 8.58. The number of rotatable bonds is 5. The van der Waals surface area contributed by atoms with Crippen LogP contribution in [0.5, 0.6) is 0 Å². The van der Waals surface area contributed by atoms with Crippen LogP contribution in [-0.4, -0.2) is 9.78 Å². The fourth-order valence-electron chi connectivity index (χ4n) is 2.03. The molecule has 0 aliphatic carbocycles. The standard InChI is InChI=1S/C15H20BrN3O2/c1-9(2)8-19-15(20)14(16)12(7-17-19)18-11(4)13-6-5-10(3)21-13/h5-7,9,11,18H,8H2,1-4H3. The van der Waals surface area contributed by atoms with Gasteiger partial charge in [0.1, 0.15) is 16.0 Å². The van der Waals surface area contributed by atoms with E-state index in [1.165, 1.54) is 4.68 Å².